The lowest BCUT2D eigenvalue weighted by Crippen LogP contribution is -2.06. The van der Waals surface area contributed by atoms with Crippen molar-refractivity contribution in [2.24, 2.45) is 0 Å². The Kier molecular flexibility index (Phi) is 3.79. The Morgan fingerprint density at radius 2 is 1.95 bits per heavy atom. The smallest absolute Gasteiger partial charge is 0.161 e. The predicted octanol–water partition coefficient (Wildman–Crippen LogP) is 2.87. The van der Waals surface area contributed by atoms with E-state index < -0.39 is 0 Å². The van der Waals surface area contributed by atoms with Gasteiger partial charge in [-0.15, -0.1) is 0 Å². The molecule has 0 aliphatic heterocycles. The van der Waals surface area contributed by atoms with Crippen LogP contribution in [0.5, 0.6) is 11.5 Å². The number of hydrogen-bond acceptors (Lipinski definition) is 5. The Balaban J connectivity index is 2.54. The number of benzene rings is 1. The van der Waals surface area contributed by atoms with E-state index in [9.17, 15) is 5.11 Å². The van der Waals surface area contributed by atoms with Gasteiger partial charge in [0.1, 0.15) is 5.82 Å². The van der Waals surface area contributed by atoms with E-state index in [0.717, 1.165) is 16.8 Å². The minimum Gasteiger partial charge on any atom is -0.504 e. The van der Waals surface area contributed by atoms with Gasteiger partial charge in [-0.25, -0.2) is 9.97 Å². The van der Waals surface area contributed by atoms with Crippen molar-refractivity contribution in [3.05, 3.63) is 29.5 Å². The van der Waals surface area contributed by atoms with Crippen LogP contribution < -0.4 is 10.5 Å². The fraction of sp³-hybridized carbons (Fsp3) is 0.333. The molecule has 0 aliphatic rings. The number of aryl methyl sites for hydroxylation is 1. The van der Waals surface area contributed by atoms with E-state index in [1.807, 2.05) is 6.92 Å². The first kappa shape index (κ1) is 14.1. The maximum Gasteiger partial charge on any atom is 0.161 e. The van der Waals surface area contributed by atoms with Crippen molar-refractivity contribution in [3.8, 4) is 22.9 Å². The van der Waals surface area contributed by atoms with E-state index in [2.05, 4.69) is 23.8 Å². The van der Waals surface area contributed by atoms with E-state index in [4.69, 9.17) is 10.5 Å². The summed E-state index contributed by atoms with van der Waals surface area (Å²) < 4.78 is 5.09. The molecule has 0 radical (unpaired) electrons. The number of aromatic nitrogens is 2. The van der Waals surface area contributed by atoms with E-state index in [0.29, 0.717) is 17.4 Å². The average Bonchev–Trinajstić information content (AvgIpc) is 2.37. The molecule has 3 N–H and O–H groups in total. The summed E-state index contributed by atoms with van der Waals surface area (Å²) in [6.07, 6.45) is 0. The molecule has 20 heavy (non-hydrogen) atoms. The largest absolute Gasteiger partial charge is 0.504 e. The van der Waals surface area contributed by atoms with Crippen molar-refractivity contribution in [3.63, 3.8) is 0 Å². The molecule has 2 rings (SSSR count). The number of methoxy groups -OCH3 is 1. The van der Waals surface area contributed by atoms with Crippen molar-refractivity contribution in [2.75, 3.05) is 12.8 Å². The van der Waals surface area contributed by atoms with Crippen molar-refractivity contribution < 1.29 is 9.84 Å². The molecule has 0 saturated heterocycles. The van der Waals surface area contributed by atoms with Gasteiger partial charge < -0.3 is 15.6 Å². The molecule has 0 amide bonds. The molecule has 0 aliphatic carbocycles. The van der Waals surface area contributed by atoms with E-state index >= 15 is 0 Å². The highest BCUT2D eigenvalue weighted by Gasteiger charge is 2.14. The summed E-state index contributed by atoms with van der Waals surface area (Å²) in [4.78, 5) is 8.86. The van der Waals surface area contributed by atoms with Crippen LogP contribution >= 0.6 is 0 Å². The first-order valence-corrected chi connectivity index (χ1v) is 6.45. The summed E-state index contributed by atoms with van der Waals surface area (Å²) in [5.74, 6) is 1.77. The molecule has 0 saturated carbocycles. The minimum absolute atomic E-state index is 0.0831. The zero-order valence-corrected chi connectivity index (χ0v) is 12.1. The van der Waals surface area contributed by atoms with Crippen LogP contribution in [0.2, 0.25) is 0 Å². The lowest BCUT2D eigenvalue weighted by molar-refractivity contribution is 0.373. The highest BCUT2D eigenvalue weighted by atomic mass is 16.5. The molecule has 2 aromatic rings. The van der Waals surface area contributed by atoms with Crippen LogP contribution in [0.3, 0.4) is 0 Å². The van der Waals surface area contributed by atoms with Crippen LogP contribution in [0.4, 0.5) is 5.82 Å². The zero-order chi connectivity index (χ0) is 14.9. The number of phenolic OH excluding ortho intramolecular Hbond substituents is 1. The second kappa shape index (κ2) is 5.36. The number of hydrogen-bond donors (Lipinski definition) is 2. The molecule has 106 valence electrons. The highest BCUT2D eigenvalue weighted by Crippen LogP contribution is 2.31. The van der Waals surface area contributed by atoms with Crippen LogP contribution in [0, 0.1) is 6.92 Å². The summed E-state index contributed by atoms with van der Waals surface area (Å²) in [5, 5.41) is 9.62. The van der Waals surface area contributed by atoms with Crippen LogP contribution in [0.15, 0.2) is 18.2 Å². The number of phenols is 1. The van der Waals surface area contributed by atoms with Gasteiger partial charge in [0.05, 0.1) is 7.11 Å². The number of aromatic hydroxyl groups is 1. The van der Waals surface area contributed by atoms with Gasteiger partial charge in [-0.2, -0.15) is 0 Å². The van der Waals surface area contributed by atoms with Gasteiger partial charge in [-0.1, -0.05) is 13.8 Å². The molecule has 1 aromatic heterocycles. The average molecular weight is 273 g/mol. The van der Waals surface area contributed by atoms with Crippen LogP contribution in [-0.4, -0.2) is 22.2 Å². The lowest BCUT2D eigenvalue weighted by atomic mass is 10.0. The molecule has 1 heterocycles. The van der Waals surface area contributed by atoms with Gasteiger partial charge in [0.25, 0.3) is 0 Å². The van der Waals surface area contributed by atoms with Crippen molar-refractivity contribution in [1.29, 1.82) is 0 Å². The first-order chi connectivity index (χ1) is 9.43. The number of nitrogens with two attached hydrogens (primary N) is 1. The van der Waals surface area contributed by atoms with E-state index in [1.54, 1.807) is 18.2 Å². The Bertz CT molecular complexity index is 616. The summed E-state index contributed by atoms with van der Waals surface area (Å²) in [5.41, 5.74) is 8.63. The molecule has 5 heteroatoms. The third-order valence-electron chi connectivity index (χ3n) is 3.18. The SMILES string of the molecule is COc1cc(-c2nc(C)c(C(C)C)c(N)n2)ccc1O. The normalized spacial score (nSPS) is 10.8. The second-order valence-electron chi connectivity index (χ2n) is 4.97. The molecular formula is C15H19N3O2. The van der Waals surface area contributed by atoms with Crippen LogP contribution in [0.1, 0.15) is 31.0 Å². The van der Waals surface area contributed by atoms with Crippen molar-refractivity contribution in [1.82, 2.24) is 9.97 Å². The molecule has 0 unspecified atom stereocenters. The Morgan fingerprint density at radius 1 is 1.25 bits per heavy atom. The minimum atomic E-state index is 0.0831. The second-order valence-corrected chi connectivity index (χ2v) is 4.97. The maximum absolute atomic E-state index is 9.62. The number of ether oxygens (including phenoxy) is 1. The van der Waals surface area contributed by atoms with Gasteiger partial charge in [-0.05, 0) is 31.0 Å². The van der Waals surface area contributed by atoms with E-state index in [1.165, 1.54) is 7.11 Å². The number of anilines is 1. The van der Waals surface area contributed by atoms with Crippen LogP contribution in [0.25, 0.3) is 11.4 Å². The molecule has 5 nitrogen and oxygen atoms in total. The fourth-order valence-corrected chi connectivity index (χ4v) is 2.26. The standard InChI is InChI=1S/C15H19N3O2/c1-8(2)13-9(3)17-15(18-14(13)16)10-5-6-11(19)12(7-10)20-4/h5-8,19H,1-4H3,(H2,16,17,18). The third kappa shape index (κ3) is 2.52. The van der Waals surface area contributed by atoms with Gasteiger partial charge in [0, 0.05) is 16.8 Å². The highest BCUT2D eigenvalue weighted by molar-refractivity contribution is 5.63. The fourth-order valence-electron chi connectivity index (χ4n) is 2.26. The molecule has 0 atom stereocenters. The number of nitrogen functional groups attached to an aromatic ring is 1. The summed E-state index contributed by atoms with van der Waals surface area (Å²) in [7, 11) is 1.50. The Morgan fingerprint density at radius 3 is 2.50 bits per heavy atom. The summed E-state index contributed by atoms with van der Waals surface area (Å²) in [6.45, 7) is 6.05. The monoisotopic (exact) mass is 273 g/mol. The topological polar surface area (TPSA) is 81.3 Å². The van der Waals surface area contributed by atoms with Gasteiger partial charge in [0.15, 0.2) is 17.3 Å². The molecule has 0 spiro atoms. The maximum atomic E-state index is 9.62. The molecule has 0 fully saturated rings. The predicted molar refractivity (Wildman–Crippen MR) is 78.9 cm³/mol. The van der Waals surface area contributed by atoms with Crippen molar-refractivity contribution in [2.45, 2.75) is 26.7 Å². The van der Waals surface area contributed by atoms with Gasteiger partial charge in [0.2, 0.25) is 0 Å². The molecule has 0 bridgehead atoms. The zero-order valence-electron chi connectivity index (χ0n) is 12.1. The van der Waals surface area contributed by atoms with Gasteiger partial charge >= 0.3 is 0 Å². The van der Waals surface area contributed by atoms with E-state index in [-0.39, 0.29) is 11.7 Å². The molecular weight excluding hydrogens is 254 g/mol. The lowest BCUT2D eigenvalue weighted by Gasteiger charge is -2.13. The number of rotatable bonds is 3. The third-order valence-corrected chi connectivity index (χ3v) is 3.18. The van der Waals surface area contributed by atoms with Crippen molar-refractivity contribution >= 4 is 5.82 Å². The van der Waals surface area contributed by atoms with Crippen LogP contribution in [-0.2, 0) is 0 Å². The first-order valence-electron chi connectivity index (χ1n) is 6.45. The molecule has 1 aromatic carbocycles. The Labute approximate surface area is 118 Å². The number of nitrogens with zero attached hydrogens (tertiary/aromatic N) is 2. The summed E-state index contributed by atoms with van der Waals surface area (Å²) >= 11 is 0. The quantitative estimate of drug-likeness (QED) is 0.898. The van der Waals surface area contributed by atoms with Gasteiger partial charge in [-0.3, -0.25) is 0 Å². The summed E-state index contributed by atoms with van der Waals surface area (Å²) in [6, 6.07) is 4.99. The Hall–Kier alpha value is -2.30.